The number of amides is 9. The van der Waals surface area contributed by atoms with Gasteiger partial charge in [-0.2, -0.15) is 0 Å². The minimum absolute atomic E-state index is 0.0495. The van der Waals surface area contributed by atoms with Crippen molar-refractivity contribution >= 4 is 98.8 Å². The number of unbranched alkanes of at least 4 members (excludes halogenated alkanes) is 1. The molecular weight excluding hydrogens is 1560 g/mol. The Morgan fingerprint density at radius 1 is 0.512 bits per heavy atom. The fourth-order valence-corrected chi connectivity index (χ4v) is 16.9. The number of benzene rings is 6. The van der Waals surface area contributed by atoms with Gasteiger partial charge in [-0.25, -0.2) is 29.9 Å². The number of nitrogens with one attached hydrogen (secondary N) is 4. The number of rotatable bonds is 25. The van der Waals surface area contributed by atoms with Gasteiger partial charge in [0.05, 0.1) is 44.8 Å². The van der Waals surface area contributed by atoms with Crippen molar-refractivity contribution in [2.45, 2.75) is 146 Å². The van der Waals surface area contributed by atoms with Gasteiger partial charge in [0.2, 0.25) is 29.5 Å². The maximum atomic E-state index is 13.4. The second-order valence-corrected chi connectivity index (χ2v) is 32.1. The SMILES string of the molecule is CC1(c2ccc(-n3c(-c4cccnc4N)nc4ccc(-c5cccc(CCC(=O)O)c5)nc43)cc2)CCC1.NCCCCc1cccc2c1C(=O)N(C1CCC(=O)NC1=O)C2=O.Nc1ncccc1-c1nc2ccc(-c3cccc(CCC(=O)NCCCNc4cccc5c4C(=O)N(C4CCC(=O)NC4=O)C5=O)c3)nc2n1-c1ccc(C2(N)CCC2)cc1. The number of imidazole rings is 2. The van der Waals surface area contributed by atoms with Crippen LogP contribution in [0.1, 0.15) is 172 Å². The van der Waals surface area contributed by atoms with E-state index in [0.29, 0.717) is 102 Å². The summed E-state index contributed by atoms with van der Waals surface area (Å²) in [4.78, 5) is 154. The van der Waals surface area contributed by atoms with Crippen LogP contribution in [0.3, 0.4) is 0 Å². The van der Waals surface area contributed by atoms with Crippen molar-refractivity contribution in [3.63, 3.8) is 0 Å². The Balaban J connectivity index is 0.000000153. The number of nitrogens with zero attached hydrogens (tertiary/aromatic N) is 10. The number of carbonyl (C=O) groups is 10. The molecule has 2 aliphatic carbocycles. The zero-order valence-corrected chi connectivity index (χ0v) is 67.8. The van der Waals surface area contributed by atoms with Crippen molar-refractivity contribution in [2.24, 2.45) is 11.5 Å². The maximum absolute atomic E-state index is 13.4. The normalized spacial score (nSPS) is 16.8. The Morgan fingerprint density at radius 2 is 1.01 bits per heavy atom. The zero-order chi connectivity index (χ0) is 85.8. The summed E-state index contributed by atoms with van der Waals surface area (Å²) in [5, 5.41) is 19.7. The first-order chi connectivity index (χ1) is 59.5. The molecule has 4 aliphatic heterocycles. The van der Waals surface area contributed by atoms with Crippen LogP contribution in [-0.4, -0.2) is 145 Å². The molecule has 12 aromatic rings. The average molecular weight is 1650 g/mol. The molecule has 2 atom stereocenters. The van der Waals surface area contributed by atoms with Crippen molar-refractivity contribution in [3.8, 4) is 56.7 Å². The fourth-order valence-electron chi connectivity index (χ4n) is 16.9. The van der Waals surface area contributed by atoms with Gasteiger partial charge in [0.25, 0.3) is 23.6 Å². The summed E-state index contributed by atoms with van der Waals surface area (Å²) >= 11 is 0. The average Bonchev–Trinajstić information content (AvgIpc) is 1.63. The fraction of sp³-hybridized carbons (Fsp3) is 0.277. The number of anilines is 3. The van der Waals surface area contributed by atoms with Crippen LogP contribution in [0.25, 0.3) is 79.0 Å². The van der Waals surface area contributed by atoms with Crippen LogP contribution in [0.15, 0.2) is 194 Å². The Kier molecular flexibility index (Phi) is 23.6. The number of aliphatic carboxylic acids is 1. The van der Waals surface area contributed by atoms with Gasteiger partial charge < -0.3 is 38.7 Å². The molecule has 13 N–H and O–H groups in total. The van der Waals surface area contributed by atoms with E-state index in [-0.39, 0.29) is 72.4 Å². The standard InChI is InChI=1S/C46H44N10O5.C31H29N5O2.C17H19N3O4/c47-40-32(9-3-23-51-40)41-53-35-17-16-33(52-42(35)55(41)30-14-12-29(13-15-30)46(48)21-4-22-46)28-7-1-6-27(26-28)11-19-37(57)50-25-5-24-49-34-10-2-8-31-39(34)45(61)56(44(31)60)36-18-20-38(58)54-43(36)59;1-31(16-4-17-31)22-9-11-23(12-10-22)36-29(24-7-3-18-33-28(24)32)35-26-14-13-25(34-30(26)36)21-6-2-5-20(19-21)8-15-27(37)38;18-9-2-1-4-10-5-3-6-11-14(10)17(24)20(16(11)23)12-7-8-13(21)19-15(12)22/h1-3,6-10,12-17,23,26,36,49H,4-5,11,18-22,24-25,48H2,(H2,47,51)(H,50,57)(H,54,58,59);2-3,5-7,9-14,18-19H,4,8,15-17H2,1H3,(H2,32,33)(H,37,38);3,5-6,12H,1-2,4,7-9,18H2,(H,19,21,22). The summed E-state index contributed by atoms with van der Waals surface area (Å²) in [5.74, 6) is -2.91. The van der Waals surface area contributed by atoms with Gasteiger partial charge in [-0.3, -0.25) is 77.5 Å². The number of carboxylic acid groups (broad SMARTS) is 1. The second-order valence-electron chi connectivity index (χ2n) is 32.1. The third-order valence-electron chi connectivity index (χ3n) is 24.0. The molecule has 6 aliphatic rings. The van der Waals surface area contributed by atoms with Crippen LogP contribution >= 0.6 is 0 Å². The van der Waals surface area contributed by atoms with Crippen LogP contribution in [0.5, 0.6) is 0 Å². The third kappa shape index (κ3) is 16.9. The lowest BCUT2D eigenvalue weighted by atomic mass is 9.66. The number of nitrogens with two attached hydrogens (primary N) is 4. The molecule has 4 fully saturated rings. The predicted molar refractivity (Wildman–Crippen MR) is 463 cm³/mol. The second kappa shape index (κ2) is 35.2. The molecule has 29 heteroatoms. The Hall–Kier alpha value is -14.3. The lowest BCUT2D eigenvalue weighted by Gasteiger charge is -2.39. The van der Waals surface area contributed by atoms with E-state index in [1.54, 1.807) is 42.7 Å². The Bertz CT molecular complexity index is 6210. The quantitative estimate of drug-likeness (QED) is 0.0189. The molecular formula is C94H92N18O11. The lowest BCUT2D eigenvalue weighted by molar-refractivity contribution is -0.137. The summed E-state index contributed by atoms with van der Waals surface area (Å²) in [6, 6.07) is 56.3. The first-order valence-electron chi connectivity index (χ1n) is 41.5. The van der Waals surface area contributed by atoms with Crippen molar-refractivity contribution in [2.75, 3.05) is 36.4 Å². The highest BCUT2D eigenvalue weighted by atomic mass is 16.4. The molecule has 6 aromatic carbocycles. The van der Waals surface area contributed by atoms with Crippen LogP contribution in [-0.2, 0) is 59.0 Å². The van der Waals surface area contributed by atoms with E-state index in [9.17, 15) is 47.9 Å². The van der Waals surface area contributed by atoms with Gasteiger partial charge in [0, 0.05) is 84.9 Å². The molecule has 29 nitrogen and oxygen atoms in total. The first kappa shape index (κ1) is 82.4. The topological polar surface area (TPSA) is 437 Å². The summed E-state index contributed by atoms with van der Waals surface area (Å²) in [5.41, 5.74) is 41.1. The molecule has 624 valence electrons. The molecule has 123 heavy (non-hydrogen) atoms. The van der Waals surface area contributed by atoms with Crippen molar-refractivity contribution in [3.05, 3.63) is 244 Å². The van der Waals surface area contributed by atoms with Crippen LogP contribution in [0.4, 0.5) is 17.3 Å². The molecule has 6 aromatic heterocycles. The number of hydrogen-bond donors (Lipinski definition) is 9. The van der Waals surface area contributed by atoms with Gasteiger partial charge in [-0.1, -0.05) is 92.2 Å². The number of nitrogen functional groups attached to an aromatic ring is 2. The van der Waals surface area contributed by atoms with Crippen molar-refractivity contribution in [1.29, 1.82) is 0 Å². The molecule has 0 bridgehead atoms. The van der Waals surface area contributed by atoms with Gasteiger partial charge in [0.15, 0.2) is 22.9 Å². The summed E-state index contributed by atoms with van der Waals surface area (Å²) in [6.45, 7) is 3.73. The van der Waals surface area contributed by atoms with Gasteiger partial charge in [-0.15, -0.1) is 0 Å². The molecule has 18 rings (SSSR count). The minimum Gasteiger partial charge on any atom is -0.481 e. The largest absolute Gasteiger partial charge is 0.481 e. The highest BCUT2D eigenvalue weighted by Crippen LogP contribution is 2.45. The van der Waals surface area contributed by atoms with Crippen molar-refractivity contribution in [1.82, 2.24) is 64.8 Å². The first-order valence-corrected chi connectivity index (χ1v) is 41.5. The summed E-state index contributed by atoms with van der Waals surface area (Å²) in [7, 11) is 0. The number of pyridine rings is 4. The number of carboxylic acids is 1. The monoisotopic (exact) mass is 1650 g/mol. The van der Waals surface area contributed by atoms with E-state index in [1.165, 1.54) is 24.8 Å². The number of aromatic nitrogens is 8. The summed E-state index contributed by atoms with van der Waals surface area (Å²) in [6.07, 6.45) is 14.8. The predicted octanol–water partition coefficient (Wildman–Crippen LogP) is 11.6. The zero-order valence-electron chi connectivity index (χ0n) is 67.8. The molecule has 2 saturated carbocycles. The molecule has 2 unspecified atom stereocenters. The maximum Gasteiger partial charge on any atom is 0.303 e. The number of aryl methyl sites for hydroxylation is 3. The molecule has 0 spiro atoms. The van der Waals surface area contributed by atoms with Gasteiger partial charge in [0.1, 0.15) is 34.8 Å². The van der Waals surface area contributed by atoms with E-state index in [2.05, 4.69) is 86.7 Å². The van der Waals surface area contributed by atoms with E-state index in [0.717, 1.165) is 115 Å². The number of piperidine rings is 2. The molecule has 10 heterocycles. The van der Waals surface area contributed by atoms with Crippen LogP contribution in [0, 0.1) is 0 Å². The highest BCUT2D eigenvalue weighted by Gasteiger charge is 2.48. The van der Waals surface area contributed by atoms with Crippen LogP contribution in [0.2, 0.25) is 0 Å². The summed E-state index contributed by atoms with van der Waals surface area (Å²) < 4.78 is 4.06. The van der Waals surface area contributed by atoms with E-state index in [1.807, 2.05) is 112 Å². The van der Waals surface area contributed by atoms with Gasteiger partial charge in [-0.05, 0) is 226 Å². The smallest absolute Gasteiger partial charge is 0.303 e. The van der Waals surface area contributed by atoms with Crippen molar-refractivity contribution < 1.29 is 53.1 Å². The van der Waals surface area contributed by atoms with E-state index in [4.69, 9.17) is 48.0 Å². The molecule has 9 amide bonds. The Morgan fingerprint density at radius 3 is 1.50 bits per heavy atom. The number of carbonyl (C=O) groups excluding carboxylic acids is 9. The number of hydrogen-bond acceptors (Lipinski definition) is 21. The lowest BCUT2D eigenvalue weighted by Crippen LogP contribution is -2.54. The van der Waals surface area contributed by atoms with E-state index < -0.39 is 59.4 Å². The highest BCUT2D eigenvalue weighted by molar-refractivity contribution is 6.26. The van der Waals surface area contributed by atoms with E-state index >= 15 is 0 Å². The number of imide groups is 4. The third-order valence-corrected chi connectivity index (χ3v) is 24.0. The van der Waals surface area contributed by atoms with Gasteiger partial charge >= 0.3 is 5.97 Å². The number of fused-ring (bicyclic) bond motifs is 4. The molecule has 0 radical (unpaired) electrons. The Labute approximate surface area is 707 Å². The minimum atomic E-state index is -1.04. The van der Waals surface area contributed by atoms with Crippen LogP contribution < -0.4 is 44.2 Å². The molecule has 2 saturated heterocycles.